The summed E-state index contributed by atoms with van der Waals surface area (Å²) in [7, 11) is 0. The second-order valence-corrected chi connectivity index (χ2v) is 7.16. The van der Waals surface area contributed by atoms with Crippen molar-refractivity contribution in [1.82, 2.24) is 15.0 Å². The van der Waals surface area contributed by atoms with E-state index in [4.69, 9.17) is 9.47 Å². The van der Waals surface area contributed by atoms with Gasteiger partial charge in [-0.15, -0.1) is 0 Å². The molecule has 176 valence electrons. The smallest absolute Gasteiger partial charge is 0.330 e. The molecule has 3 aromatic carbocycles. The standard InChI is InChI=1S/C26H24N6O3/c1-2-23(33)35-18-17-34-22-15-13-21(14-16-22)29-26-31-24(27-19-9-5-3-6-10-19)30-25(32-26)28-20-11-7-4-8-12-20/h2-16H,1,17-18H2,(H3,27,28,29,30,31,32). The Labute approximate surface area is 202 Å². The molecule has 0 aliphatic rings. The summed E-state index contributed by atoms with van der Waals surface area (Å²) in [6, 6.07) is 26.6. The van der Waals surface area contributed by atoms with Crippen LogP contribution in [0.25, 0.3) is 0 Å². The number of nitrogens with zero attached hydrogens (tertiary/aromatic N) is 3. The minimum atomic E-state index is -0.479. The minimum absolute atomic E-state index is 0.143. The van der Waals surface area contributed by atoms with Crippen LogP contribution in [0.3, 0.4) is 0 Å². The van der Waals surface area contributed by atoms with Gasteiger partial charge in [0.05, 0.1) is 0 Å². The molecule has 0 amide bonds. The van der Waals surface area contributed by atoms with Crippen molar-refractivity contribution in [1.29, 1.82) is 0 Å². The molecule has 35 heavy (non-hydrogen) atoms. The van der Waals surface area contributed by atoms with Crippen LogP contribution in [0.4, 0.5) is 34.9 Å². The first-order chi connectivity index (χ1) is 17.2. The highest BCUT2D eigenvalue weighted by atomic mass is 16.6. The van der Waals surface area contributed by atoms with Crippen LogP contribution in [0.5, 0.6) is 5.75 Å². The van der Waals surface area contributed by atoms with Crippen molar-refractivity contribution >= 4 is 40.9 Å². The van der Waals surface area contributed by atoms with Gasteiger partial charge in [0, 0.05) is 23.1 Å². The number of benzene rings is 3. The van der Waals surface area contributed by atoms with E-state index < -0.39 is 5.97 Å². The predicted molar refractivity (Wildman–Crippen MR) is 136 cm³/mol. The van der Waals surface area contributed by atoms with Gasteiger partial charge in [-0.2, -0.15) is 15.0 Å². The maximum Gasteiger partial charge on any atom is 0.330 e. The molecule has 0 radical (unpaired) electrons. The van der Waals surface area contributed by atoms with Crippen LogP contribution in [0.2, 0.25) is 0 Å². The van der Waals surface area contributed by atoms with Crippen LogP contribution in [0.15, 0.2) is 97.6 Å². The van der Waals surface area contributed by atoms with Crippen LogP contribution in [0.1, 0.15) is 0 Å². The number of rotatable bonds is 11. The molecule has 4 rings (SSSR count). The van der Waals surface area contributed by atoms with E-state index in [1.807, 2.05) is 72.8 Å². The molecule has 1 heterocycles. The molecule has 0 aliphatic heterocycles. The fraction of sp³-hybridized carbons (Fsp3) is 0.0769. The summed E-state index contributed by atoms with van der Waals surface area (Å²) in [6.45, 7) is 3.73. The lowest BCUT2D eigenvalue weighted by Crippen LogP contribution is -2.10. The highest BCUT2D eigenvalue weighted by molar-refractivity contribution is 5.81. The Kier molecular flexibility index (Phi) is 7.84. The quantitative estimate of drug-likeness (QED) is 0.155. The number of hydrogen-bond donors (Lipinski definition) is 3. The molecule has 0 saturated heterocycles. The number of carbonyl (C=O) groups excluding carboxylic acids is 1. The molecule has 4 aromatic rings. The normalized spacial score (nSPS) is 10.2. The first-order valence-corrected chi connectivity index (χ1v) is 10.9. The summed E-state index contributed by atoms with van der Waals surface area (Å²) in [5, 5.41) is 9.60. The van der Waals surface area contributed by atoms with E-state index in [1.165, 1.54) is 0 Å². The topological polar surface area (TPSA) is 110 Å². The van der Waals surface area contributed by atoms with Gasteiger partial charge in [-0.1, -0.05) is 43.0 Å². The summed E-state index contributed by atoms with van der Waals surface area (Å²) >= 11 is 0. The van der Waals surface area contributed by atoms with Gasteiger partial charge in [-0.05, 0) is 48.5 Å². The Balaban J connectivity index is 1.46. The van der Waals surface area contributed by atoms with Crippen molar-refractivity contribution in [2.45, 2.75) is 0 Å². The van der Waals surface area contributed by atoms with Gasteiger partial charge in [0.15, 0.2) is 0 Å². The zero-order valence-corrected chi connectivity index (χ0v) is 18.8. The van der Waals surface area contributed by atoms with E-state index in [0.29, 0.717) is 23.6 Å². The van der Waals surface area contributed by atoms with Crippen LogP contribution < -0.4 is 20.7 Å². The zero-order valence-electron chi connectivity index (χ0n) is 18.8. The molecule has 3 N–H and O–H groups in total. The fourth-order valence-corrected chi connectivity index (χ4v) is 2.97. The third-order valence-corrected chi connectivity index (χ3v) is 4.57. The molecule has 0 saturated carbocycles. The monoisotopic (exact) mass is 468 g/mol. The van der Waals surface area contributed by atoms with Crippen LogP contribution in [-0.4, -0.2) is 34.1 Å². The highest BCUT2D eigenvalue weighted by Crippen LogP contribution is 2.22. The van der Waals surface area contributed by atoms with Crippen molar-refractivity contribution in [2.75, 3.05) is 29.2 Å². The molecule has 0 atom stereocenters. The second kappa shape index (κ2) is 11.8. The zero-order chi connectivity index (χ0) is 24.3. The van der Waals surface area contributed by atoms with Crippen LogP contribution >= 0.6 is 0 Å². The summed E-state index contributed by atoms with van der Waals surface area (Å²) in [5.41, 5.74) is 2.48. The first-order valence-electron chi connectivity index (χ1n) is 10.9. The molecule has 9 nitrogen and oxygen atoms in total. The average molecular weight is 469 g/mol. The van der Waals surface area contributed by atoms with Gasteiger partial charge >= 0.3 is 5.97 Å². The average Bonchev–Trinajstić information content (AvgIpc) is 2.88. The number of ether oxygens (including phenoxy) is 2. The lowest BCUT2D eigenvalue weighted by Gasteiger charge is -2.12. The van der Waals surface area contributed by atoms with Crippen molar-refractivity contribution in [3.8, 4) is 5.75 Å². The van der Waals surface area contributed by atoms with Crippen molar-refractivity contribution < 1.29 is 14.3 Å². The molecule has 0 spiro atoms. The van der Waals surface area contributed by atoms with Crippen molar-refractivity contribution in [2.24, 2.45) is 0 Å². The number of nitrogens with one attached hydrogen (secondary N) is 3. The van der Waals surface area contributed by atoms with Crippen LogP contribution in [0, 0.1) is 0 Å². The van der Waals surface area contributed by atoms with Crippen molar-refractivity contribution in [3.05, 3.63) is 97.6 Å². The first kappa shape index (κ1) is 23.2. The lowest BCUT2D eigenvalue weighted by molar-refractivity contribution is -0.138. The maximum atomic E-state index is 11.1. The van der Waals surface area contributed by atoms with Gasteiger partial charge in [-0.3, -0.25) is 0 Å². The predicted octanol–water partition coefficient (Wildman–Crippen LogP) is 5.21. The maximum absolute atomic E-state index is 11.1. The number of hydrogen-bond acceptors (Lipinski definition) is 9. The largest absolute Gasteiger partial charge is 0.490 e. The molecule has 0 unspecified atom stereocenters. The summed E-state index contributed by atoms with van der Waals surface area (Å²) in [4.78, 5) is 24.6. The SMILES string of the molecule is C=CC(=O)OCCOc1ccc(Nc2nc(Nc3ccccc3)nc(Nc3ccccc3)n2)cc1. The van der Waals surface area contributed by atoms with Gasteiger partial charge < -0.3 is 25.4 Å². The molecule has 1 aromatic heterocycles. The summed E-state index contributed by atoms with van der Waals surface area (Å²) in [5.74, 6) is 1.30. The summed E-state index contributed by atoms with van der Waals surface area (Å²) in [6.07, 6.45) is 1.11. The van der Waals surface area contributed by atoms with E-state index in [0.717, 1.165) is 23.1 Å². The van der Waals surface area contributed by atoms with Gasteiger partial charge in [0.2, 0.25) is 17.8 Å². The number of esters is 1. The fourth-order valence-electron chi connectivity index (χ4n) is 2.97. The Morgan fingerprint density at radius 3 is 1.60 bits per heavy atom. The molecule has 0 bridgehead atoms. The Morgan fingerprint density at radius 1 is 0.686 bits per heavy atom. The van der Waals surface area contributed by atoms with E-state index in [9.17, 15) is 4.79 Å². The van der Waals surface area contributed by atoms with E-state index in [-0.39, 0.29) is 13.2 Å². The Morgan fingerprint density at radius 2 is 1.14 bits per heavy atom. The molecule has 0 aliphatic carbocycles. The van der Waals surface area contributed by atoms with Gasteiger partial charge in [0.1, 0.15) is 19.0 Å². The number of aromatic nitrogens is 3. The Hall–Kier alpha value is -4.92. The van der Waals surface area contributed by atoms with Crippen molar-refractivity contribution in [3.63, 3.8) is 0 Å². The van der Waals surface area contributed by atoms with Crippen LogP contribution in [-0.2, 0) is 9.53 Å². The van der Waals surface area contributed by atoms with E-state index in [2.05, 4.69) is 37.5 Å². The number of para-hydroxylation sites is 2. The van der Waals surface area contributed by atoms with Gasteiger partial charge in [0.25, 0.3) is 0 Å². The summed E-state index contributed by atoms with van der Waals surface area (Å²) < 4.78 is 10.5. The Bertz CT molecular complexity index is 1190. The highest BCUT2D eigenvalue weighted by Gasteiger charge is 2.09. The molecule has 9 heteroatoms. The third kappa shape index (κ3) is 7.29. The minimum Gasteiger partial charge on any atom is -0.490 e. The molecule has 0 fully saturated rings. The molecular formula is C26H24N6O3. The van der Waals surface area contributed by atoms with Gasteiger partial charge in [-0.25, -0.2) is 4.79 Å². The number of carbonyl (C=O) groups is 1. The van der Waals surface area contributed by atoms with E-state index in [1.54, 1.807) is 12.1 Å². The van der Waals surface area contributed by atoms with E-state index >= 15 is 0 Å². The molecular weight excluding hydrogens is 444 g/mol. The second-order valence-electron chi connectivity index (χ2n) is 7.16. The lowest BCUT2D eigenvalue weighted by atomic mass is 10.3. The third-order valence-electron chi connectivity index (χ3n) is 4.57. The number of anilines is 6.